The van der Waals surface area contributed by atoms with Gasteiger partial charge in [-0.05, 0) is 0 Å². The molecule has 113 valence electrons. The quantitative estimate of drug-likeness (QED) is 0.148. The average molecular weight is 432 g/mol. The molecule has 1 radical (unpaired) electrons. The molecule has 0 rings (SSSR count). The fourth-order valence-electron chi connectivity index (χ4n) is 0.725. The van der Waals surface area contributed by atoms with E-state index in [-0.39, 0.29) is 66.8 Å². The van der Waals surface area contributed by atoms with Crippen LogP contribution in [0.25, 0.3) is 0 Å². The summed E-state index contributed by atoms with van der Waals surface area (Å²) in [5.74, 6) is -1.50. The first-order valence-electron chi connectivity index (χ1n) is 5.65. The molecule has 0 aliphatic rings. The Morgan fingerprint density at radius 2 is 1.40 bits per heavy atom. The van der Waals surface area contributed by atoms with Crippen LogP contribution >= 0.6 is 0 Å². The molecule has 0 atom stereocenters. The first kappa shape index (κ1) is 24.6. The zero-order valence-electron chi connectivity index (χ0n) is 11.5. The molecule has 0 aromatic heterocycles. The van der Waals surface area contributed by atoms with Crippen LogP contribution < -0.4 is 21.3 Å². The van der Waals surface area contributed by atoms with E-state index in [1.165, 1.54) is 0 Å². The molecule has 0 aromatic rings. The van der Waals surface area contributed by atoms with Crippen LogP contribution in [0.1, 0.15) is 13.8 Å². The van der Waals surface area contributed by atoms with E-state index in [1.54, 1.807) is 0 Å². The smallest absolute Gasteiger partial charge is 0.240 e. The summed E-state index contributed by atoms with van der Waals surface area (Å²) in [4.78, 5) is 42.7. The Labute approximate surface area is 156 Å². The van der Waals surface area contributed by atoms with Crippen molar-refractivity contribution in [3.63, 3.8) is 0 Å². The van der Waals surface area contributed by atoms with E-state index in [1.807, 2.05) is 13.8 Å². The van der Waals surface area contributed by atoms with Gasteiger partial charge in [-0.15, -0.1) is 0 Å². The van der Waals surface area contributed by atoms with E-state index in [2.05, 4.69) is 33.9 Å². The van der Waals surface area contributed by atoms with E-state index in [0.29, 0.717) is 6.41 Å². The second kappa shape index (κ2) is 18.6. The van der Waals surface area contributed by atoms with Crippen LogP contribution in [-0.2, 0) is 31.8 Å². The topological polar surface area (TPSA) is 116 Å². The molecule has 0 aliphatic carbocycles. The maximum Gasteiger partial charge on any atom is 0.240 e. The van der Waals surface area contributed by atoms with E-state index in [9.17, 15) is 19.2 Å². The van der Waals surface area contributed by atoms with E-state index in [4.69, 9.17) is 0 Å². The zero-order chi connectivity index (χ0) is 15.1. The molecule has 4 N–H and O–H groups in total. The van der Waals surface area contributed by atoms with Crippen molar-refractivity contribution in [1.82, 2.24) is 21.3 Å². The molecule has 0 heterocycles. The summed E-state index contributed by atoms with van der Waals surface area (Å²) >= 11 is 4.45. The molecule has 0 aliphatic heterocycles. The van der Waals surface area contributed by atoms with Crippen LogP contribution in [0.15, 0.2) is 0 Å². The third-order valence-corrected chi connectivity index (χ3v) is 1.76. The normalized spacial score (nSPS) is 7.95. The van der Waals surface area contributed by atoms with Gasteiger partial charge in [-0.2, -0.15) is 0 Å². The van der Waals surface area contributed by atoms with Gasteiger partial charge in [0.05, 0.1) is 19.8 Å². The van der Waals surface area contributed by atoms with Crippen molar-refractivity contribution < 1.29 is 60.5 Å². The molecule has 8 nitrogen and oxygen atoms in total. The van der Waals surface area contributed by atoms with Crippen LogP contribution in [0.5, 0.6) is 0 Å². The van der Waals surface area contributed by atoms with Gasteiger partial charge in [0.1, 0.15) is 0 Å². The summed E-state index contributed by atoms with van der Waals surface area (Å²) in [6.45, 7) is 3.53. The van der Waals surface area contributed by atoms with Gasteiger partial charge in [-0.1, -0.05) is 19.6 Å². The number of carbonyl (C=O) groups is 4. The molecule has 4 amide bonds. The van der Waals surface area contributed by atoms with Gasteiger partial charge in [0, 0.05) is 41.3 Å². The molecule has 0 spiro atoms. The maximum absolute atomic E-state index is 11.1. The van der Waals surface area contributed by atoms with Gasteiger partial charge in [0.25, 0.3) is 0 Å². The van der Waals surface area contributed by atoms with Crippen molar-refractivity contribution in [2.75, 3.05) is 25.5 Å². The molecule has 10 heteroatoms. The summed E-state index contributed by atoms with van der Waals surface area (Å²) < 4.78 is 0. The SMILES string of the molecule is CC.O=CNCNC(=O)CNC(=O)CNC(=O)C[S-].[Pr]. The van der Waals surface area contributed by atoms with Crippen molar-refractivity contribution in [3.8, 4) is 0 Å². The van der Waals surface area contributed by atoms with Crippen molar-refractivity contribution in [2.24, 2.45) is 0 Å². The molecule has 0 aromatic carbocycles. The second-order valence-corrected chi connectivity index (χ2v) is 3.09. The second-order valence-electron chi connectivity index (χ2n) is 2.80. The predicted octanol–water partition coefficient (Wildman–Crippen LogP) is -2.39. The first-order chi connectivity index (χ1) is 9.10. The Kier molecular flexibility index (Phi) is 22.9. The van der Waals surface area contributed by atoms with Gasteiger partial charge in [0.15, 0.2) is 5.91 Å². The molecule has 0 unspecified atom stereocenters. The largest absolute Gasteiger partial charge is 0.783 e. The third kappa shape index (κ3) is 17.6. The van der Waals surface area contributed by atoms with Crippen LogP contribution in [0.4, 0.5) is 0 Å². The Balaban J connectivity index is -0.000000916. The molecule has 0 bridgehead atoms. The molecule has 0 saturated carbocycles. The summed E-state index contributed by atoms with van der Waals surface area (Å²) in [6.07, 6.45) is 0.434. The number of hydrogen-bond donors (Lipinski definition) is 4. The fraction of sp³-hybridized carbons (Fsp3) is 0.600. The summed E-state index contributed by atoms with van der Waals surface area (Å²) in [5.41, 5.74) is 0. The monoisotopic (exact) mass is 432 g/mol. The molecule has 0 saturated heterocycles. The third-order valence-electron chi connectivity index (χ3n) is 1.49. The Hall–Kier alpha value is -0.406. The first-order valence-corrected chi connectivity index (χ1v) is 6.23. The Morgan fingerprint density at radius 1 is 0.950 bits per heavy atom. The van der Waals surface area contributed by atoms with E-state index < -0.39 is 17.7 Å². The summed E-state index contributed by atoms with van der Waals surface area (Å²) in [7, 11) is 0. The zero-order valence-corrected chi connectivity index (χ0v) is 16.0. The molecular weight excluding hydrogens is 413 g/mol. The van der Waals surface area contributed by atoms with Gasteiger partial charge in [-0.25, -0.2) is 0 Å². The fourth-order valence-corrected chi connectivity index (χ4v) is 0.827. The van der Waals surface area contributed by atoms with E-state index >= 15 is 0 Å². The number of carbonyl (C=O) groups excluding carboxylic acids is 4. The predicted molar refractivity (Wildman–Crippen MR) is 71.8 cm³/mol. The van der Waals surface area contributed by atoms with Crippen LogP contribution in [-0.4, -0.2) is 49.6 Å². The van der Waals surface area contributed by atoms with Crippen LogP contribution in [0.2, 0.25) is 0 Å². The number of nitrogens with one attached hydrogen (secondary N) is 4. The van der Waals surface area contributed by atoms with Crippen molar-refractivity contribution in [3.05, 3.63) is 0 Å². The van der Waals surface area contributed by atoms with Crippen molar-refractivity contribution >= 4 is 36.8 Å². The minimum atomic E-state index is -0.500. The standard InChI is InChI=1S/C8H14N4O4S.C2H6.Pr/c13-5-9-4-12-7(15)2-10-6(14)1-11-8(16)3-17;1-2;/h5,17H,1-4H2,(H,9,13)(H,10,14)(H,11,16)(H,12,15);1-2H3;/p-1. The number of hydrogen-bond acceptors (Lipinski definition) is 5. The van der Waals surface area contributed by atoms with Crippen LogP contribution in [0.3, 0.4) is 0 Å². The maximum atomic E-state index is 11.1. The van der Waals surface area contributed by atoms with Gasteiger partial charge < -0.3 is 33.9 Å². The number of amides is 4. The van der Waals surface area contributed by atoms with Gasteiger partial charge in [0.2, 0.25) is 18.2 Å². The molecule has 20 heavy (non-hydrogen) atoms. The summed E-state index contributed by atoms with van der Waals surface area (Å²) in [5, 5.41) is 9.07. The van der Waals surface area contributed by atoms with Gasteiger partial charge in [-0.3, -0.25) is 19.2 Å². The minimum Gasteiger partial charge on any atom is -0.783 e. The minimum absolute atomic E-state index is 0. The average Bonchev–Trinajstić information content (AvgIpc) is 2.44. The molecule has 0 fully saturated rings. The van der Waals surface area contributed by atoms with Crippen molar-refractivity contribution in [1.29, 1.82) is 0 Å². The van der Waals surface area contributed by atoms with E-state index in [0.717, 1.165) is 0 Å². The Bertz CT molecular complexity index is 305. The summed E-state index contributed by atoms with van der Waals surface area (Å²) in [6, 6.07) is 0. The number of rotatable bonds is 8. The van der Waals surface area contributed by atoms with Crippen molar-refractivity contribution in [2.45, 2.75) is 13.8 Å². The Morgan fingerprint density at radius 3 is 1.85 bits per heavy atom. The molecular formula is C10H19N4O4PrS-. The van der Waals surface area contributed by atoms with Crippen LogP contribution in [0, 0.1) is 41.3 Å². The van der Waals surface area contributed by atoms with Gasteiger partial charge >= 0.3 is 0 Å².